The first-order valence-corrected chi connectivity index (χ1v) is 12.4. The fraction of sp³-hybridized carbons (Fsp3) is 0.435. The Morgan fingerprint density at radius 1 is 1.00 bits per heavy atom. The molecule has 7 nitrogen and oxygen atoms in total. The normalized spacial score (nSPS) is 17.5. The van der Waals surface area contributed by atoms with Crippen molar-refractivity contribution in [1.82, 2.24) is 4.31 Å². The van der Waals surface area contributed by atoms with Crippen molar-refractivity contribution in [1.29, 1.82) is 0 Å². The molecule has 0 saturated carbocycles. The number of anilines is 2. The third kappa shape index (κ3) is 5.28. The Labute approximate surface area is 188 Å². The first-order chi connectivity index (χ1) is 15.4. The van der Waals surface area contributed by atoms with Crippen LogP contribution in [0.15, 0.2) is 47.4 Å². The lowest BCUT2D eigenvalue weighted by Crippen LogP contribution is -2.40. The van der Waals surface area contributed by atoms with Gasteiger partial charge in [0.05, 0.1) is 23.8 Å². The number of sulfonamides is 1. The lowest BCUT2D eigenvalue weighted by molar-refractivity contribution is -0.116. The van der Waals surface area contributed by atoms with Gasteiger partial charge in [0.15, 0.2) is 0 Å². The smallest absolute Gasteiger partial charge is 0.243 e. The number of hydrogen-bond acceptors (Lipinski definition) is 5. The number of benzene rings is 2. The molecule has 0 aromatic heterocycles. The van der Waals surface area contributed by atoms with Crippen LogP contribution in [0.1, 0.15) is 24.8 Å². The second kappa shape index (κ2) is 9.97. The van der Waals surface area contributed by atoms with Crippen LogP contribution < -0.4 is 10.2 Å². The summed E-state index contributed by atoms with van der Waals surface area (Å²) in [6.45, 7) is 3.21. The SMILES string of the molecule is O=C(CCc1ccc(S(=O)(=O)N2CCOCC2)cc1)Nc1ccc(N2CCCC2)c(F)c1. The molecule has 0 unspecified atom stereocenters. The molecule has 32 heavy (non-hydrogen) atoms. The molecular formula is C23H28FN3O4S. The van der Waals surface area contributed by atoms with E-state index in [0.717, 1.165) is 31.5 Å². The molecule has 0 aliphatic carbocycles. The van der Waals surface area contributed by atoms with E-state index in [9.17, 15) is 17.6 Å². The van der Waals surface area contributed by atoms with Crippen molar-refractivity contribution in [2.75, 3.05) is 49.6 Å². The van der Waals surface area contributed by atoms with Gasteiger partial charge in [-0.25, -0.2) is 12.8 Å². The van der Waals surface area contributed by atoms with Gasteiger partial charge >= 0.3 is 0 Å². The molecule has 0 bridgehead atoms. The molecule has 172 valence electrons. The summed E-state index contributed by atoms with van der Waals surface area (Å²) in [6, 6.07) is 11.4. The maximum absolute atomic E-state index is 14.4. The van der Waals surface area contributed by atoms with Crippen LogP contribution in [0.5, 0.6) is 0 Å². The summed E-state index contributed by atoms with van der Waals surface area (Å²) in [4.78, 5) is 14.6. The third-order valence-electron chi connectivity index (χ3n) is 5.85. The van der Waals surface area contributed by atoms with E-state index < -0.39 is 10.0 Å². The zero-order valence-electron chi connectivity index (χ0n) is 17.9. The van der Waals surface area contributed by atoms with Crippen LogP contribution in [0.2, 0.25) is 0 Å². The Balaban J connectivity index is 1.31. The largest absolute Gasteiger partial charge is 0.379 e. The van der Waals surface area contributed by atoms with E-state index >= 15 is 0 Å². The summed E-state index contributed by atoms with van der Waals surface area (Å²) >= 11 is 0. The predicted octanol–water partition coefficient (Wildman–Crippen LogP) is 3.02. The Morgan fingerprint density at radius 3 is 2.34 bits per heavy atom. The lowest BCUT2D eigenvalue weighted by Gasteiger charge is -2.26. The molecule has 1 amide bonds. The molecule has 0 radical (unpaired) electrons. The molecule has 9 heteroatoms. The van der Waals surface area contributed by atoms with Gasteiger partial charge in [-0.3, -0.25) is 4.79 Å². The first-order valence-electron chi connectivity index (χ1n) is 10.9. The van der Waals surface area contributed by atoms with Crippen LogP contribution in [-0.4, -0.2) is 58.0 Å². The summed E-state index contributed by atoms with van der Waals surface area (Å²) in [5.74, 6) is -0.551. The number of nitrogens with one attached hydrogen (secondary N) is 1. The standard InChI is InChI=1S/C23H28FN3O4S/c24-21-17-19(6-9-22(21)26-11-1-2-12-26)25-23(28)10-5-18-3-7-20(8-4-18)32(29,30)27-13-15-31-16-14-27/h3-4,6-9,17H,1-2,5,10-16H2,(H,25,28). The van der Waals surface area contributed by atoms with Crippen molar-refractivity contribution in [3.8, 4) is 0 Å². The van der Waals surface area contributed by atoms with Crippen molar-refractivity contribution in [2.24, 2.45) is 0 Å². The van der Waals surface area contributed by atoms with Crippen molar-refractivity contribution in [3.63, 3.8) is 0 Å². The van der Waals surface area contributed by atoms with E-state index in [0.29, 0.717) is 44.1 Å². The van der Waals surface area contributed by atoms with E-state index in [1.807, 2.05) is 4.90 Å². The lowest BCUT2D eigenvalue weighted by atomic mass is 10.1. The van der Waals surface area contributed by atoms with Crippen molar-refractivity contribution < 1.29 is 22.3 Å². The molecule has 2 aromatic carbocycles. The molecule has 1 N–H and O–H groups in total. The second-order valence-corrected chi connectivity index (χ2v) is 10.0. The highest BCUT2D eigenvalue weighted by Gasteiger charge is 2.26. The molecule has 2 aliphatic rings. The minimum atomic E-state index is -3.53. The zero-order valence-corrected chi connectivity index (χ0v) is 18.7. The van der Waals surface area contributed by atoms with Crippen LogP contribution in [0, 0.1) is 5.82 Å². The van der Waals surface area contributed by atoms with Gasteiger partial charge in [0.1, 0.15) is 5.82 Å². The Morgan fingerprint density at radius 2 is 1.69 bits per heavy atom. The molecule has 2 saturated heterocycles. The molecular weight excluding hydrogens is 433 g/mol. The van der Waals surface area contributed by atoms with Crippen molar-refractivity contribution >= 4 is 27.3 Å². The van der Waals surface area contributed by atoms with E-state index in [1.54, 1.807) is 36.4 Å². The Kier molecular flexibility index (Phi) is 7.07. The van der Waals surface area contributed by atoms with Gasteiger partial charge in [-0.05, 0) is 55.2 Å². The van der Waals surface area contributed by atoms with Crippen LogP contribution in [-0.2, 0) is 26.0 Å². The monoisotopic (exact) mass is 461 g/mol. The maximum atomic E-state index is 14.4. The number of ether oxygens (including phenoxy) is 1. The Bertz CT molecular complexity index is 1050. The fourth-order valence-corrected chi connectivity index (χ4v) is 5.45. The molecule has 0 atom stereocenters. The quantitative estimate of drug-likeness (QED) is 0.686. The van der Waals surface area contributed by atoms with Crippen LogP contribution in [0.4, 0.5) is 15.8 Å². The Hall–Kier alpha value is -2.49. The topological polar surface area (TPSA) is 79.0 Å². The zero-order chi connectivity index (χ0) is 22.6. The molecule has 4 rings (SSSR count). The van der Waals surface area contributed by atoms with Crippen molar-refractivity contribution in [3.05, 3.63) is 53.8 Å². The fourth-order valence-electron chi connectivity index (χ4n) is 4.04. The number of morpholine rings is 1. The van der Waals surface area contributed by atoms with Gasteiger partial charge in [0.2, 0.25) is 15.9 Å². The number of hydrogen-bond donors (Lipinski definition) is 1. The van der Waals surface area contributed by atoms with Crippen molar-refractivity contribution in [2.45, 2.75) is 30.6 Å². The van der Waals surface area contributed by atoms with Gasteiger partial charge in [-0.15, -0.1) is 0 Å². The molecule has 2 aromatic rings. The number of rotatable bonds is 7. The number of nitrogens with zero attached hydrogens (tertiary/aromatic N) is 2. The predicted molar refractivity (Wildman–Crippen MR) is 121 cm³/mol. The summed E-state index contributed by atoms with van der Waals surface area (Å²) in [5.41, 5.74) is 1.87. The highest BCUT2D eigenvalue weighted by atomic mass is 32.2. The van der Waals surface area contributed by atoms with Gasteiger partial charge in [-0.2, -0.15) is 4.31 Å². The molecule has 2 fully saturated rings. The summed E-state index contributed by atoms with van der Waals surface area (Å²) in [5, 5.41) is 2.74. The third-order valence-corrected chi connectivity index (χ3v) is 7.76. The highest BCUT2D eigenvalue weighted by molar-refractivity contribution is 7.89. The van der Waals surface area contributed by atoms with Gasteiger partial charge in [0.25, 0.3) is 0 Å². The maximum Gasteiger partial charge on any atom is 0.243 e. The summed E-state index contributed by atoms with van der Waals surface area (Å²) in [7, 11) is -3.53. The van der Waals surface area contributed by atoms with Gasteiger partial charge in [-0.1, -0.05) is 12.1 Å². The van der Waals surface area contributed by atoms with E-state index in [4.69, 9.17) is 4.74 Å². The van der Waals surface area contributed by atoms with Crippen LogP contribution in [0.3, 0.4) is 0 Å². The van der Waals surface area contributed by atoms with Gasteiger partial charge < -0.3 is 15.0 Å². The number of aryl methyl sites for hydroxylation is 1. The van der Waals surface area contributed by atoms with E-state index in [1.165, 1.54) is 10.4 Å². The van der Waals surface area contributed by atoms with Crippen LogP contribution in [0.25, 0.3) is 0 Å². The summed E-state index contributed by atoms with van der Waals surface area (Å²) in [6.07, 6.45) is 2.80. The average Bonchev–Trinajstić information content (AvgIpc) is 3.33. The minimum Gasteiger partial charge on any atom is -0.379 e. The number of halogens is 1. The highest BCUT2D eigenvalue weighted by Crippen LogP contribution is 2.26. The second-order valence-electron chi connectivity index (χ2n) is 8.07. The molecule has 2 aliphatic heterocycles. The average molecular weight is 462 g/mol. The van der Waals surface area contributed by atoms with Gasteiger partial charge in [0, 0.05) is 38.3 Å². The van der Waals surface area contributed by atoms with E-state index in [-0.39, 0.29) is 23.0 Å². The first kappa shape index (κ1) is 22.7. The number of amides is 1. The summed E-state index contributed by atoms with van der Waals surface area (Å²) < 4.78 is 46.4. The number of carbonyl (C=O) groups is 1. The molecule has 0 spiro atoms. The van der Waals surface area contributed by atoms with Crippen LogP contribution >= 0.6 is 0 Å². The minimum absolute atomic E-state index is 0.213. The van der Waals surface area contributed by atoms with E-state index in [2.05, 4.69) is 5.32 Å². The number of carbonyl (C=O) groups excluding carboxylic acids is 1. The molecule has 2 heterocycles.